The second-order valence-electron chi connectivity index (χ2n) is 6.18. The minimum Gasteiger partial charge on any atom is -0.477 e. The van der Waals surface area contributed by atoms with Crippen molar-refractivity contribution in [2.75, 3.05) is 6.61 Å². The van der Waals surface area contributed by atoms with Gasteiger partial charge >= 0.3 is 23.8 Å². The second-order valence-corrected chi connectivity index (χ2v) is 6.18. The number of rotatable bonds is 6. The first kappa shape index (κ1) is 18.8. The van der Waals surface area contributed by atoms with E-state index >= 15 is 0 Å². The summed E-state index contributed by atoms with van der Waals surface area (Å²) in [5.74, 6) is -8.57. The van der Waals surface area contributed by atoms with Crippen molar-refractivity contribution in [1.29, 1.82) is 0 Å². The standard InChI is InChI=1S/C17H18F2O6/c1-16(8-4-5-9-16)25-14(21)12-7-3-2-6-11(12)13(20)24-10-17(18,19)15(22)23/h2-3,6-7H,4-5,8-10H2,1H3,(H,22,23). The first-order valence-corrected chi connectivity index (χ1v) is 7.75. The Morgan fingerprint density at radius 2 is 1.64 bits per heavy atom. The van der Waals surface area contributed by atoms with E-state index in [1.165, 1.54) is 24.3 Å². The van der Waals surface area contributed by atoms with Crippen LogP contribution in [0.25, 0.3) is 0 Å². The molecule has 136 valence electrons. The van der Waals surface area contributed by atoms with Crippen LogP contribution in [0.2, 0.25) is 0 Å². The average molecular weight is 356 g/mol. The van der Waals surface area contributed by atoms with E-state index in [1.54, 1.807) is 6.92 Å². The van der Waals surface area contributed by atoms with Gasteiger partial charge in [0.15, 0.2) is 6.61 Å². The zero-order chi connectivity index (χ0) is 18.7. The van der Waals surface area contributed by atoms with Gasteiger partial charge < -0.3 is 14.6 Å². The van der Waals surface area contributed by atoms with Gasteiger partial charge in [-0.15, -0.1) is 0 Å². The van der Waals surface area contributed by atoms with Crippen molar-refractivity contribution in [1.82, 2.24) is 0 Å². The normalized spacial score (nSPS) is 16.3. The zero-order valence-corrected chi connectivity index (χ0v) is 13.6. The van der Waals surface area contributed by atoms with Crippen LogP contribution in [0, 0.1) is 0 Å². The lowest BCUT2D eigenvalue weighted by atomic mass is 10.0. The molecule has 6 nitrogen and oxygen atoms in total. The topological polar surface area (TPSA) is 89.9 Å². The van der Waals surface area contributed by atoms with E-state index in [2.05, 4.69) is 4.74 Å². The van der Waals surface area contributed by atoms with Crippen molar-refractivity contribution >= 4 is 17.9 Å². The molecule has 0 amide bonds. The number of halogens is 2. The fourth-order valence-electron chi connectivity index (χ4n) is 2.64. The van der Waals surface area contributed by atoms with Gasteiger partial charge in [-0.25, -0.2) is 14.4 Å². The minimum atomic E-state index is -4.21. The molecule has 0 aliphatic heterocycles. The summed E-state index contributed by atoms with van der Waals surface area (Å²) in [6, 6.07) is 5.48. The predicted octanol–water partition coefficient (Wildman–Crippen LogP) is 3.05. The summed E-state index contributed by atoms with van der Waals surface area (Å²) >= 11 is 0. The van der Waals surface area contributed by atoms with Gasteiger partial charge in [-0.2, -0.15) is 8.78 Å². The molecule has 1 aromatic carbocycles. The van der Waals surface area contributed by atoms with E-state index in [4.69, 9.17) is 9.84 Å². The third-order valence-corrected chi connectivity index (χ3v) is 4.06. The van der Waals surface area contributed by atoms with Gasteiger partial charge in [-0.1, -0.05) is 12.1 Å². The number of hydrogen-bond acceptors (Lipinski definition) is 5. The monoisotopic (exact) mass is 356 g/mol. The highest BCUT2D eigenvalue weighted by Crippen LogP contribution is 2.33. The van der Waals surface area contributed by atoms with Crippen molar-refractivity contribution < 1.29 is 37.7 Å². The Balaban J connectivity index is 2.13. The van der Waals surface area contributed by atoms with E-state index in [0.717, 1.165) is 12.8 Å². The summed E-state index contributed by atoms with van der Waals surface area (Å²) < 4.78 is 35.9. The lowest BCUT2D eigenvalue weighted by Crippen LogP contribution is -2.35. The van der Waals surface area contributed by atoms with Crippen LogP contribution in [0.4, 0.5) is 8.78 Å². The maximum atomic E-state index is 13.0. The lowest BCUT2D eigenvalue weighted by molar-refractivity contribution is -0.170. The van der Waals surface area contributed by atoms with Gasteiger partial charge in [0.05, 0.1) is 11.1 Å². The summed E-state index contributed by atoms with van der Waals surface area (Å²) in [5.41, 5.74) is -0.987. The van der Waals surface area contributed by atoms with Crippen LogP contribution in [-0.4, -0.2) is 41.1 Å². The second kappa shape index (κ2) is 7.16. The molecule has 1 aromatic rings. The maximum absolute atomic E-state index is 13.0. The highest BCUT2D eigenvalue weighted by atomic mass is 19.3. The average Bonchev–Trinajstić information content (AvgIpc) is 2.98. The summed E-state index contributed by atoms with van der Waals surface area (Å²) in [7, 11) is 0. The lowest BCUT2D eigenvalue weighted by Gasteiger charge is -2.24. The van der Waals surface area contributed by atoms with Crippen LogP contribution in [0.5, 0.6) is 0 Å². The Morgan fingerprint density at radius 1 is 1.12 bits per heavy atom. The van der Waals surface area contributed by atoms with E-state index in [9.17, 15) is 23.2 Å². The molecule has 1 aliphatic carbocycles. The number of esters is 2. The van der Waals surface area contributed by atoms with Crippen molar-refractivity contribution in [2.24, 2.45) is 0 Å². The van der Waals surface area contributed by atoms with Crippen molar-refractivity contribution in [2.45, 2.75) is 44.1 Å². The van der Waals surface area contributed by atoms with Gasteiger partial charge in [0.1, 0.15) is 5.60 Å². The third-order valence-electron chi connectivity index (χ3n) is 4.06. The van der Waals surface area contributed by atoms with Crippen LogP contribution in [0.3, 0.4) is 0 Å². The van der Waals surface area contributed by atoms with E-state index < -0.39 is 36.0 Å². The summed E-state index contributed by atoms with van der Waals surface area (Å²) in [4.78, 5) is 34.7. The van der Waals surface area contributed by atoms with Crippen molar-refractivity contribution in [3.8, 4) is 0 Å². The molecule has 1 N–H and O–H groups in total. The number of ether oxygens (including phenoxy) is 2. The number of benzene rings is 1. The van der Waals surface area contributed by atoms with Crippen LogP contribution in [-0.2, 0) is 14.3 Å². The number of carboxylic acid groups (broad SMARTS) is 1. The molecule has 0 aromatic heterocycles. The molecule has 0 radical (unpaired) electrons. The molecule has 0 heterocycles. The number of alkyl halides is 2. The molecule has 2 rings (SSSR count). The fraction of sp³-hybridized carbons (Fsp3) is 0.471. The molecular formula is C17H18F2O6. The largest absolute Gasteiger partial charge is 0.477 e. The SMILES string of the molecule is CC1(OC(=O)c2ccccc2C(=O)OCC(F)(F)C(=O)O)CCCC1. The molecule has 1 fully saturated rings. The number of hydrogen-bond donors (Lipinski definition) is 1. The molecule has 1 aliphatic rings. The third kappa shape index (κ3) is 4.52. The summed E-state index contributed by atoms with van der Waals surface area (Å²) in [5, 5.41) is 8.34. The van der Waals surface area contributed by atoms with E-state index in [1.807, 2.05) is 0 Å². The first-order valence-electron chi connectivity index (χ1n) is 7.75. The van der Waals surface area contributed by atoms with Gasteiger partial charge in [0, 0.05) is 0 Å². The Labute approximate surface area is 142 Å². The highest BCUT2D eigenvalue weighted by Gasteiger charge is 2.41. The fourth-order valence-corrected chi connectivity index (χ4v) is 2.64. The smallest absolute Gasteiger partial charge is 0.378 e. The number of carbonyl (C=O) groups is 3. The highest BCUT2D eigenvalue weighted by molar-refractivity contribution is 6.03. The molecule has 0 spiro atoms. The molecule has 0 saturated heterocycles. The Morgan fingerprint density at radius 3 is 2.16 bits per heavy atom. The first-order chi connectivity index (χ1) is 11.6. The maximum Gasteiger partial charge on any atom is 0.378 e. The van der Waals surface area contributed by atoms with Gasteiger partial charge in [0.2, 0.25) is 0 Å². The minimum absolute atomic E-state index is 0.112. The quantitative estimate of drug-likeness (QED) is 0.788. The van der Waals surface area contributed by atoms with Crippen molar-refractivity contribution in [3.63, 3.8) is 0 Å². The van der Waals surface area contributed by atoms with E-state index in [-0.39, 0.29) is 11.1 Å². The Hall–Kier alpha value is -2.51. The van der Waals surface area contributed by atoms with Crippen LogP contribution in [0.1, 0.15) is 53.3 Å². The van der Waals surface area contributed by atoms with Crippen LogP contribution < -0.4 is 0 Å². The molecular weight excluding hydrogens is 338 g/mol. The molecule has 0 unspecified atom stereocenters. The molecule has 1 saturated carbocycles. The molecule has 0 atom stereocenters. The molecule has 8 heteroatoms. The Bertz CT molecular complexity index is 679. The van der Waals surface area contributed by atoms with Gasteiger partial charge in [-0.05, 0) is 44.7 Å². The number of aliphatic carboxylic acids is 1. The summed E-state index contributed by atoms with van der Waals surface area (Å²) in [6.45, 7) is 0.175. The molecule has 0 bridgehead atoms. The number of carboxylic acids is 1. The van der Waals surface area contributed by atoms with Crippen molar-refractivity contribution in [3.05, 3.63) is 35.4 Å². The van der Waals surface area contributed by atoms with E-state index in [0.29, 0.717) is 12.8 Å². The van der Waals surface area contributed by atoms with Crippen LogP contribution in [0.15, 0.2) is 24.3 Å². The zero-order valence-electron chi connectivity index (χ0n) is 13.6. The number of carbonyl (C=O) groups excluding carboxylic acids is 2. The predicted molar refractivity (Wildman–Crippen MR) is 81.6 cm³/mol. The Kier molecular flexibility index (Phi) is 5.39. The summed E-state index contributed by atoms with van der Waals surface area (Å²) in [6.07, 6.45) is 3.27. The van der Waals surface area contributed by atoms with Gasteiger partial charge in [-0.3, -0.25) is 0 Å². The van der Waals surface area contributed by atoms with Gasteiger partial charge in [0.25, 0.3) is 0 Å². The molecule has 25 heavy (non-hydrogen) atoms. The van der Waals surface area contributed by atoms with Crippen LogP contribution >= 0.6 is 0 Å².